The summed E-state index contributed by atoms with van der Waals surface area (Å²) in [6.45, 7) is 1.82. The van der Waals surface area contributed by atoms with Gasteiger partial charge in [0, 0.05) is 17.3 Å². The number of aromatic nitrogens is 5. The number of benzene rings is 2. The molecule has 5 aromatic rings. The number of rotatable bonds is 4. The molecule has 3 aromatic heterocycles. The van der Waals surface area contributed by atoms with Crippen LogP contribution < -0.4 is 0 Å². The van der Waals surface area contributed by atoms with Crippen molar-refractivity contribution in [1.29, 1.82) is 5.26 Å². The van der Waals surface area contributed by atoms with Gasteiger partial charge in [-0.15, -0.1) is 10.2 Å². The van der Waals surface area contributed by atoms with E-state index < -0.39 is 0 Å². The predicted molar refractivity (Wildman–Crippen MR) is 122 cm³/mol. The quantitative estimate of drug-likeness (QED) is 0.425. The molecule has 0 amide bonds. The summed E-state index contributed by atoms with van der Waals surface area (Å²) in [5, 5.41) is 34.5. The Morgan fingerprint density at radius 2 is 1.56 bits per heavy atom. The number of aryl methyl sites for hydroxylation is 1. The molecule has 2 aromatic carbocycles. The van der Waals surface area contributed by atoms with Gasteiger partial charge in [-0.3, -0.25) is 0 Å². The fourth-order valence-electron chi connectivity index (χ4n) is 3.40. The first-order valence-electron chi connectivity index (χ1n) is 9.79. The summed E-state index contributed by atoms with van der Waals surface area (Å²) >= 11 is 1.49. The highest BCUT2D eigenvalue weighted by Gasteiger charge is 2.18. The number of hydrogen-bond donors (Lipinski definition) is 1. The Labute approximate surface area is 187 Å². The lowest BCUT2D eigenvalue weighted by Gasteiger charge is -2.04. The molecule has 0 aliphatic rings. The van der Waals surface area contributed by atoms with Crippen LogP contribution in [0.25, 0.3) is 38.1 Å². The number of aromatic hydroxyl groups is 1. The summed E-state index contributed by atoms with van der Waals surface area (Å²) < 4.78 is 1.40. The van der Waals surface area contributed by atoms with Gasteiger partial charge in [0.05, 0.1) is 22.9 Å². The molecule has 3 heterocycles. The predicted octanol–water partition coefficient (Wildman–Crippen LogP) is 5.01. The van der Waals surface area contributed by atoms with Crippen LogP contribution >= 0.6 is 11.3 Å². The second-order valence-electron chi connectivity index (χ2n) is 7.07. The fourth-order valence-corrected chi connectivity index (χ4v) is 4.24. The van der Waals surface area contributed by atoms with Crippen LogP contribution in [-0.2, 0) is 0 Å². The van der Waals surface area contributed by atoms with Crippen molar-refractivity contribution in [1.82, 2.24) is 25.0 Å². The molecule has 0 aliphatic carbocycles. The van der Waals surface area contributed by atoms with Crippen molar-refractivity contribution in [2.24, 2.45) is 0 Å². The Hall–Kier alpha value is -4.35. The first-order valence-corrected chi connectivity index (χ1v) is 10.6. The molecular weight excluding hydrogens is 420 g/mol. The average Bonchev–Trinajstić information content (AvgIpc) is 3.45. The van der Waals surface area contributed by atoms with Crippen LogP contribution in [0.3, 0.4) is 0 Å². The van der Waals surface area contributed by atoms with E-state index in [1.165, 1.54) is 16.0 Å². The third-order valence-corrected chi connectivity index (χ3v) is 6.02. The molecule has 0 aliphatic heterocycles. The topological polar surface area (TPSA) is 101 Å². The van der Waals surface area contributed by atoms with Crippen molar-refractivity contribution < 1.29 is 5.11 Å². The van der Waals surface area contributed by atoms with Crippen molar-refractivity contribution in [2.45, 2.75) is 6.92 Å². The Bertz CT molecular complexity index is 1430. The minimum absolute atomic E-state index is 0.00487. The monoisotopic (exact) mass is 436 g/mol. The summed E-state index contributed by atoms with van der Waals surface area (Å²) in [6, 6.07) is 22.7. The molecule has 8 heteroatoms. The van der Waals surface area contributed by atoms with Crippen LogP contribution in [0.15, 0.2) is 72.9 Å². The van der Waals surface area contributed by atoms with Crippen LogP contribution in [0.1, 0.15) is 11.3 Å². The van der Waals surface area contributed by atoms with E-state index in [1.807, 2.05) is 43.3 Å². The number of pyridine rings is 1. The van der Waals surface area contributed by atoms with Gasteiger partial charge in [-0.2, -0.15) is 15.0 Å². The van der Waals surface area contributed by atoms with Gasteiger partial charge in [-0.1, -0.05) is 53.8 Å². The molecule has 32 heavy (non-hydrogen) atoms. The van der Waals surface area contributed by atoms with Crippen LogP contribution in [0.5, 0.6) is 5.88 Å². The van der Waals surface area contributed by atoms with E-state index in [4.69, 9.17) is 5.26 Å². The molecule has 7 nitrogen and oxygen atoms in total. The third kappa shape index (κ3) is 3.51. The lowest BCUT2D eigenvalue weighted by molar-refractivity contribution is 0.433. The van der Waals surface area contributed by atoms with Gasteiger partial charge in [-0.05, 0) is 36.8 Å². The zero-order valence-corrected chi connectivity index (χ0v) is 17.8. The molecule has 0 spiro atoms. The summed E-state index contributed by atoms with van der Waals surface area (Å²) in [7, 11) is 0. The van der Waals surface area contributed by atoms with Crippen LogP contribution in [-0.4, -0.2) is 30.1 Å². The molecule has 0 unspecified atom stereocenters. The molecule has 0 radical (unpaired) electrons. The first kappa shape index (κ1) is 19.6. The maximum Gasteiger partial charge on any atom is 0.223 e. The molecule has 5 rings (SSSR count). The maximum atomic E-state index is 10.8. The van der Waals surface area contributed by atoms with Crippen molar-refractivity contribution in [2.75, 3.05) is 0 Å². The Kier molecular flexibility index (Phi) is 4.94. The van der Waals surface area contributed by atoms with E-state index in [2.05, 4.69) is 26.3 Å². The van der Waals surface area contributed by atoms with E-state index >= 15 is 0 Å². The summed E-state index contributed by atoms with van der Waals surface area (Å²) in [5.41, 5.74) is 4.47. The number of hydrogen-bond acceptors (Lipinski definition) is 7. The fraction of sp³-hybridized carbons (Fsp3) is 0.0417. The highest BCUT2D eigenvalue weighted by molar-refractivity contribution is 7.17. The standard InChI is InChI=1S/C24H16N6OS/c1-15-21(17-9-7-16(13-25)8-10-17)24(31)30(29-15)20-12-11-19(14-26-20)23-28-27-22(32-23)18-5-3-2-4-6-18/h2-12,14,31H,1H3. The van der Waals surface area contributed by atoms with Crippen LogP contribution in [0.4, 0.5) is 0 Å². The largest absolute Gasteiger partial charge is 0.493 e. The zero-order chi connectivity index (χ0) is 22.1. The lowest BCUT2D eigenvalue weighted by Crippen LogP contribution is -1.99. The third-order valence-electron chi connectivity index (χ3n) is 5.00. The maximum absolute atomic E-state index is 10.8. The number of nitriles is 1. The van der Waals surface area contributed by atoms with Gasteiger partial charge in [0.2, 0.25) is 5.88 Å². The van der Waals surface area contributed by atoms with Crippen molar-refractivity contribution in [3.8, 4) is 50.0 Å². The van der Waals surface area contributed by atoms with E-state index in [9.17, 15) is 5.11 Å². The summed E-state index contributed by atoms with van der Waals surface area (Å²) in [4.78, 5) is 4.48. The Balaban J connectivity index is 1.45. The average molecular weight is 437 g/mol. The van der Waals surface area contributed by atoms with Gasteiger partial charge in [0.1, 0.15) is 10.0 Å². The highest BCUT2D eigenvalue weighted by Crippen LogP contribution is 2.34. The minimum atomic E-state index is -0.00487. The zero-order valence-electron chi connectivity index (χ0n) is 17.0. The molecule has 0 atom stereocenters. The SMILES string of the molecule is Cc1nn(-c2ccc(-c3nnc(-c4ccccc4)s3)cn2)c(O)c1-c1ccc(C#N)cc1. The van der Waals surface area contributed by atoms with Crippen LogP contribution in [0, 0.1) is 18.3 Å². The van der Waals surface area contributed by atoms with Gasteiger partial charge in [0.15, 0.2) is 5.82 Å². The van der Waals surface area contributed by atoms with Gasteiger partial charge >= 0.3 is 0 Å². The Morgan fingerprint density at radius 3 is 2.22 bits per heavy atom. The molecular formula is C24H16N6OS. The smallest absolute Gasteiger partial charge is 0.223 e. The van der Waals surface area contributed by atoms with Crippen molar-refractivity contribution >= 4 is 11.3 Å². The second kappa shape index (κ2) is 8.06. The van der Waals surface area contributed by atoms with Crippen molar-refractivity contribution in [3.05, 3.63) is 84.2 Å². The molecule has 0 saturated carbocycles. The van der Waals surface area contributed by atoms with Gasteiger partial charge in [-0.25, -0.2) is 4.98 Å². The lowest BCUT2D eigenvalue weighted by atomic mass is 10.0. The van der Waals surface area contributed by atoms with E-state index in [-0.39, 0.29) is 5.88 Å². The van der Waals surface area contributed by atoms with E-state index in [1.54, 1.807) is 36.5 Å². The summed E-state index contributed by atoms with van der Waals surface area (Å²) in [5.74, 6) is 0.483. The van der Waals surface area contributed by atoms with E-state index in [0.29, 0.717) is 22.6 Å². The molecule has 0 bridgehead atoms. The van der Waals surface area contributed by atoms with Crippen LogP contribution in [0.2, 0.25) is 0 Å². The molecule has 0 saturated heterocycles. The Morgan fingerprint density at radius 1 is 0.875 bits per heavy atom. The first-order chi connectivity index (χ1) is 15.6. The van der Waals surface area contributed by atoms with E-state index in [0.717, 1.165) is 26.7 Å². The molecule has 154 valence electrons. The summed E-state index contributed by atoms with van der Waals surface area (Å²) in [6.07, 6.45) is 1.70. The minimum Gasteiger partial charge on any atom is -0.493 e. The molecule has 0 fully saturated rings. The van der Waals surface area contributed by atoms with Gasteiger partial charge in [0.25, 0.3) is 0 Å². The second-order valence-corrected chi connectivity index (χ2v) is 8.05. The molecule has 1 N–H and O–H groups in total. The van der Waals surface area contributed by atoms with Crippen molar-refractivity contribution in [3.63, 3.8) is 0 Å². The highest BCUT2D eigenvalue weighted by atomic mass is 32.1. The number of nitrogens with zero attached hydrogens (tertiary/aromatic N) is 6. The normalized spacial score (nSPS) is 10.8. The van der Waals surface area contributed by atoms with Gasteiger partial charge < -0.3 is 5.11 Å².